The molecule has 9 N–H and O–H groups in total. The maximum absolute atomic E-state index is 8.88. The van der Waals surface area contributed by atoms with Gasteiger partial charge in [-0.3, -0.25) is 0 Å². The molecule has 0 saturated heterocycles. The first-order chi connectivity index (χ1) is 6.00. The quantitative estimate of drug-likeness (QED) is 0.150. The van der Waals surface area contributed by atoms with Gasteiger partial charge in [-0.2, -0.15) is 0 Å². The van der Waals surface area contributed by atoms with Crippen LogP contribution in [0, 0.1) is 0 Å². The van der Waals surface area contributed by atoms with Gasteiger partial charge in [-0.1, -0.05) is 0 Å². The van der Waals surface area contributed by atoms with Gasteiger partial charge in [0, 0.05) is 0 Å². The third-order valence-corrected chi connectivity index (χ3v) is 0. The second-order valence-electron chi connectivity index (χ2n) is 1.54. The number of phosphoric acid groups is 3. The van der Waals surface area contributed by atoms with Gasteiger partial charge in [-0.15, -0.1) is 0 Å². The Hall–Kier alpha value is 1.33. The molecule has 0 heterocycles. The molecule has 0 rings (SSSR count). The molecule has 0 fully saturated rings. The Morgan fingerprint density at radius 1 is 0.500 bits per heavy atom. The average Bonchev–Trinajstić information content (AvgIpc) is 1.41. The Kier molecular flexibility index (Phi) is 16.7. The van der Waals surface area contributed by atoms with Crippen LogP contribution in [0.2, 0.25) is 0 Å². The van der Waals surface area contributed by atoms with Gasteiger partial charge in [0.05, 0.1) is 0 Å². The number of hydrogen-bond donors (Lipinski definition) is 9. The van der Waals surface area contributed by atoms with Gasteiger partial charge in [0.25, 0.3) is 0 Å². The molecule has 16 heavy (non-hydrogen) atoms. The summed E-state index contributed by atoms with van der Waals surface area (Å²) in [5, 5.41) is 0. The van der Waals surface area contributed by atoms with E-state index in [1.165, 1.54) is 0 Å². The molecule has 0 spiro atoms. The maximum atomic E-state index is 8.88. The van der Waals surface area contributed by atoms with Crippen LogP contribution in [0.15, 0.2) is 0 Å². The Bertz CT molecular complexity index is 208. The zero-order chi connectivity index (χ0) is 13.5. The molecular weight excluding hydrogens is 308 g/mol. The molecule has 0 aliphatic heterocycles. The molecule has 0 aromatic heterocycles. The third kappa shape index (κ3) is 1780. The molecule has 0 radical (unpaired) electrons. The summed E-state index contributed by atoms with van der Waals surface area (Å²) in [7, 11) is -13.9. The van der Waals surface area contributed by atoms with Crippen LogP contribution < -0.4 is 29.6 Å². The zero-order valence-corrected chi connectivity index (χ0v) is 12.3. The minimum atomic E-state index is -4.64. The minimum Gasteiger partial charge on any atom is -1.00 e. The first-order valence-corrected chi connectivity index (χ1v) is 7.04. The van der Waals surface area contributed by atoms with Crippen LogP contribution in [-0.2, 0) is 13.7 Å². The minimum absolute atomic E-state index is 0. The van der Waals surface area contributed by atoms with E-state index in [1.54, 1.807) is 0 Å². The van der Waals surface area contributed by atoms with Crippen LogP contribution in [0.5, 0.6) is 0 Å². The molecule has 0 aromatic carbocycles. The van der Waals surface area contributed by atoms with Crippen LogP contribution in [0.25, 0.3) is 0 Å². The second kappa shape index (κ2) is 10.3. The number of hydrogen-bond acceptors (Lipinski definition) is 3. The molecule has 12 nitrogen and oxygen atoms in total. The van der Waals surface area contributed by atoms with Crippen molar-refractivity contribution in [3.63, 3.8) is 0 Å². The molecule has 0 saturated carbocycles. The smallest absolute Gasteiger partial charge is 1.00 e. The Balaban J connectivity index is -0.0000000400. The molecular formula is H10NaO12P3. The first kappa shape index (κ1) is 26.0. The standard InChI is InChI=1S/Na.3H3O4P.H/c;3*1-5(2,3)4;/h;3*(H3,1,2,3,4);/q+1;;;;-1. The van der Waals surface area contributed by atoms with Crippen LogP contribution in [0.4, 0.5) is 0 Å². The Morgan fingerprint density at radius 3 is 0.500 bits per heavy atom. The van der Waals surface area contributed by atoms with E-state index in [-0.39, 0.29) is 31.0 Å². The maximum Gasteiger partial charge on any atom is 1.00 e. The summed E-state index contributed by atoms with van der Waals surface area (Å²) in [6, 6.07) is 0. The van der Waals surface area contributed by atoms with E-state index in [0.717, 1.165) is 0 Å². The summed E-state index contributed by atoms with van der Waals surface area (Å²) >= 11 is 0. The van der Waals surface area contributed by atoms with Crippen LogP contribution in [0.1, 0.15) is 1.43 Å². The van der Waals surface area contributed by atoms with Crippen LogP contribution in [-0.4, -0.2) is 44.0 Å². The predicted molar refractivity (Wildman–Crippen MR) is 43.9 cm³/mol. The first-order valence-electron chi connectivity index (χ1n) is 2.35. The van der Waals surface area contributed by atoms with Gasteiger partial charge in [0.2, 0.25) is 0 Å². The van der Waals surface area contributed by atoms with Crippen molar-refractivity contribution in [2.24, 2.45) is 0 Å². The second-order valence-corrected chi connectivity index (χ2v) is 4.62. The largest absolute Gasteiger partial charge is 1.00 e. The fourth-order valence-corrected chi connectivity index (χ4v) is 0. The molecule has 0 bridgehead atoms. The zero-order valence-electron chi connectivity index (χ0n) is 8.59. The monoisotopic (exact) mass is 318 g/mol. The van der Waals surface area contributed by atoms with Gasteiger partial charge < -0.3 is 45.5 Å². The van der Waals surface area contributed by atoms with Crippen molar-refractivity contribution in [3.8, 4) is 0 Å². The molecule has 16 heteroatoms. The van der Waals surface area contributed by atoms with Crippen molar-refractivity contribution >= 4 is 23.5 Å². The third-order valence-electron chi connectivity index (χ3n) is 0. The van der Waals surface area contributed by atoms with Crippen molar-refractivity contribution in [3.05, 3.63) is 0 Å². The Labute approximate surface area is 112 Å². The van der Waals surface area contributed by atoms with E-state index in [9.17, 15) is 0 Å². The van der Waals surface area contributed by atoms with E-state index in [1.807, 2.05) is 0 Å². The Morgan fingerprint density at radius 2 is 0.500 bits per heavy atom. The van der Waals surface area contributed by atoms with Crippen molar-refractivity contribution in [2.75, 3.05) is 0 Å². The topological polar surface area (TPSA) is 233 Å². The summed E-state index contributed by atoms with van der Waals surface area (Å²) in [6.45, 7) is 0. The molecule has 0 atom stereocenters. The molecule has 0 amide bonds. The molecule has 98 valence electrons. The van der Waals surface area contributed by atoms with Crippen molar-refractivity contribution < 1.29 is 88.7 Å². The van der Waals surface area contributed by atoms with Crippen LogP contribution in [0.3, 0.4) is 0 Å². The van der Waals surface area contributed by atoms with Gasteiger partial charge in [-0.25, -0.2) is 13.7 Å². The predicted octanol–water partition coefficient (Wildman–Crippen LogP) is -5.67. The van der Waals surface area contributed by atoms with Gasteiger partial charge in [0.15, 0.2) is 0 Å². The average molecular weight is 318 g/mol. The fourth-order valence-electron chi connectivity index (χ4n) is 0. The van der Waals surface area contributed by atoms with E-state index in [0.29, 0.717) is 0 Å². The molecule has 0 aliphatic rings. The summed E-state index contributed by atoms with van der Waals surface area (Å²) < 4.78 is 26.6. The van der Waals surface area contributed by atoms with E-state index in [2.05, 4.69) is 0 Å². The normalized spacial score (nSPS) is 11.1. The summed E-state index contributed by atoms with van der Waals surface area (Å²) in [6.07, 6.45) is 0. The summed E-state index contributed by atoms with van der Waals surface area (Å²) in [4.78, 5) is 64.7. The fraction of sp³-hybridized carbons (Fsp3) is 0. The SMILES string of the molecule is O=P(O)(O)O.O=P(O)(O)O.O=P(O)(O)O.[H-].[Na+]. The van der Waals surface area contributed by atoms with E-state index in [4.69, 9.17) is 57.7 Å². The molecule has 0 aliphatic carbocycles. The van der Waals surface area contributed by atoms with Crippen molar-refractivity contribution in [1.29, 1.82) is 0 Å². The summed E-state index contributed by atoms with van der Waals surface area (Å²) in [5.41, 5.74) is 0. The van der Waals surface area contributed by atoms with Gasteiger partial charge >= 0.3 is 53.0 Å². The van der Waals surface area contributed by atoms with Crippen molar-refractivity contribution in [1.82, 2.24) is 0 Å². The van der Waals surface area contributed by atoms with Crippen molar-refractivity contribution in [2.45, 2.75) is 0 Å². The van der Waals surface area contributed by atoms with E-state index >= 15 is 0 Å². The van der Waals surface area contributed by atoms with Gasteiger partial charge in [-0.05, 0) is 0 Å². The van der Waals surface area contributed by atoms with Gasteiger partial charge in [0.1, 0.15) is 0 Å². The van der Waals surface area contributed by atoms with E-state index < -0.39 is 23.5 Å². The molecule has 0 unspecified atom stereocenters. The van der Waals surface area contributed by atoms with Crippen LogP contribution >= 0.6 is 23.5 Å². The summed E-state index contributed by atoms with van der Waals surface area (Å²) in [5.74, 6) is 0. The molecule has 0 aromatic rings. The number of rotatable bonds is 0.